The number of nitrogens with one attached hydrogen (secondary N) is 1. The minimum atomic E-state index is -0.191. The van der Waals surface area contributed by atoms with Crippen LogP contribution in [0.15, 0.2) is 36.4 Å². The van der Waals surface area contributed by atoms with Crippen LogP contribution in [0.1, 0.15) is 120 Å². The number of carbonyl (C=O) groups is 1. The molecule has 0 aliphatic carbocycles. The van der Waals surface area contributed by atoms with Crippen molar-refractivity contribution >= 4 is 11.8 Å². The number of quaternary nitrogens is 1. The molecule has 0 bridgehead atoms. The molecular formula is C33H49BrN2O2. The third-order valence-corrected chi connectivity index (χ3v) is 8.41. The van der Waals surface area contributed by atoms with Crippen LogP contribution in [-0.2, 0) is 18.4 Å². The normalized spacial score (nSPS) is 19.0. The van der Waals surface area contributed by atoms with Gasteiger partial charge in [-0.05, 0) is 46.6 Å². The van der Waals surface area contributed by atoms with E-state index in [2.05, 4.69) is 69.0 Å². The maximum absolute atomic E-state index is 12.2. The molecule has 0 aromatic heterocycles. The third kappa shape index (κ3) is 7.70. The lowest BCUT2D eigenvalue weighted by Gasteiger charge is -2.38. The number of amides is 1. The van der Waals surface area contributed by atoms with E-state index in [1.54, 1.807) is 0 Å². The van der Waals surface area contributed by atoms with Crippen molar-refractivity contribution in [3.63, 3.8) is 0 Å². The Morgan fingerprint density at radius 1 is 0.947 bits per heavy atom. The van der Waals surface area contributed by atoms with Gasteiger partial charge in [-0.25, -0.2) is 0 Å². The van der Waals surface area contributed by atoms with Crippen molar-refractivity contribution in [2.24, 2.45) is 0 Å². The molecule has 1 amide bonds. The number of hydrogen-bond donors (Lipinski definition) is 1. The second-order valence-electron chi connectivity index (χ2n) is 12.4. The van der Waals surface area contributed by atoms with Crippen LogP contribution < -0.4 is 26.6 Å². The highest BCUT2D eigenvalue weighted by atomic mass is 79.9. The summed E-state index contributed by atoms with van der Waals surface area (Å²) in [4.78, 5) is 15.6. The molecule has 2 atom stereocenters. The Bertz CT molecular complexity index is 1040. The predicted molar refractivity (Wildman–Crippen MR) is 153 cm³/mol. The van der Waals surface area contributed by atoms with E-state index >= 15 is 0 Å². The molecule has 0 radical (unpaired) electrons. The average molecular weight is 586 g/mol. The van der Waals surface area contributed by atoms with Gasteiger partial charge in [-0.15, -0.1) is 0 Å². The van der Waals surface area contributed by atoms with E-state index in [9.17, 15) is 4.79 Å². The number of nitrogens with zero attached hydrogens (tertiary/aromatic N) is 1. The summed E-state index contributed by atoms with van der Waals surface area (Å²) in [6, 6.07) is 14.0. The molecule has 4 rings (SSSR count). The summed E-state index contributed by atoms with van der Waals surface area (Å²) >= 11 is 0. The maximum Gasteiger partial charge on any atom is 0.525 e. The van der Waals surface area contributed by atoms with Crippen LogP contribution in [-0.4, -0.2) is 24.6 Å². The van der Waals surface area contributed by atoms with Crippen molar-refractivity contribution in [2.45, 2.75) is 116 Å². The number of halogens is 1. The van der Waals surface area contributed by atoms with E-state index in [4.69, 9.17) is 4.74 Å². The Morgan fingerprint density at radius 3 is 2.21 bits per heavy atom. The Kier molecular flexibility index (Phi) is 11.4. The van der Waals surface area contributed by atoms with E-state index in [0.29, 0.717) is 6.04 Å². The molecule has 2 aromatic carbocycles. The topological polar surface area (TPSA) is 34.0 Å². The lowest BCUT2D eigenvalue weighted by molar-refractivity contribution is -0.716. The molecular weight excluding hydrogens is 536 g/mol. The number of ether oxygens (including phenoxy) is 1. The number of unbranched alkanes of at least 4 members (excludes halogenated alkanes) is 8. The molecule has 2 aliphatic rings. The minimum Gasteiger partial charge on any atom is -1.00 e. The van der Waals surface area contributed by atoms with Gasteiger partial charge >= 0.3 is 6.09 Å². The fourth-order valence-corrected chi connectivity index (χ4v) is 5.97. The molecule has 210 valence electrons. The lowest BCUT2D eigenvalue weighted by Crippen LogP contribution is -3.05. The highest BCUT2D eigenvalue weighted by Crippen LogP contribution is 2.40. The zero-order chi connectivity index (χ0) is 26.4. The van der Waals surface area contributed by atoms with Crippen LogP contribution in [0, 0.1) is 0 Å². The maximum atomic E-state index is 12.2. The van der Waals surface area contributed by atoms with Gasteiger partial charge in [0.2, 0.25) is 0 Å². The summed E-state index contributed by atoms with van der Waals surface area (Å²) in [7, 11) is 1.89. The molecule has 38 heavy (non-hydrogen) atoms. The molecule has 1 N–H and O–H groups in total. The van der Waals surface area contributed by atoms with Gasteiger partial charge < -0.3 is 21.7 Å². The number of carbonyl (C=O) groups excluding carboxylic acids is 1. The van der Waals surface area contributed by atoms with Gasteiger partial charge in [-0.3, -0.25) is 4.90 Å². The SMILES string of the molecule is CCCCCCCCCCCC1c2cc3c(cc2CCN1Cc1ccc(C(C)(C)C)cc1)[NH+](C)C(=O)O3.[Br-]. The molecule has 0 saturated carbocycles. The first kappa shape index (κ1) is 30.8. The molecule has 5 heteroatoms. The highest BCUT2D eigenvalue weighted by molar-refractivity contribution is 5.74. The van der Waals surface area contributed by atoms with Gasteiger partial charge in [-0.2, -0.15) is 9.69 Å². The fraction of sp³-hybridized carbons (Fsp3) is 0.606. The van der Waals surface area contributed by atoms with Crippen LogP contribution in [0.25, 0.3) is 0 Å². The summed E-state index contributed by atoms with van der Waals surface area (Å²) in [6.07, 6.45) is 14.1. The van der Waals surface area contributed by atoms with Crippen LogP contribution >= 0.6 is 0 Å². The fourth-order valence-electron chi connectivity index (χ4n) is 5.97. The van der Waals surface area contributed by atoms with Crippen LogP contribution in [0.2, 0.25) is 0 Å². The quantitative estimate of drug-likeness (QED) is 0.368. The van der Waals surface area contributed by atoms with Crippen molar-refractivity contribution < 1.29 is 31.4 Å². The average Bonchev–Trinajstić information content (AvgIpc) is 3.15. The first-order chi connectivity index (χ1) is 17.8. The molecule has 0 fully saturated rings. The number of hydrogen-bond acceptors (Lipinski definition) is 3. The molecule has 2 heterocycles. The summed E-state index contributed by atoms with van der Waals surface area (Å²) < 4.78 is 5.64. The first-order valence-corrected chi connectivity index (χ1v) is 14.8. The Labute approximate surface area is 241 Å². The zero-order valence-electron chi connectivity index (χ0n) is 24.4. The van der Waals surface area contributed by atoms with Crippen molar-refractivity contribution in [2.75, 3.05) is 13.6 Å². The van der Waals surface area contributed by atoms with Gasteiger partial charge in [0, 0.05) is 25.2 Å². The third-order valence-electron chi connectivity index (χ3n) is 8.41. The summed E-state index contributed by atoms with van der Waals surface area (Å²) in [5.41, 5.74) is 6.71. The highest BCUT2D eigenvalue weighted by Gasteiger charge is 2.37. The van der Waals surface area contributed by atoms with E-state index < -0.39 is 0 Å². The van der Waals surface area contributed by atoms with Crippen molar-refractivity contribution in [1.29, 1.82) is 0 Å². The molecule has 0 saturated heterocycles. The van der Waals surface area contributed by atoms with Gasteiger partial charge in [0.1, 0.15) is 0 Å². The standard InChI is InChI=1S/C33H48N2O2.BrH/c1-6-7-8-9-10-11-12-13-14-15-29-28-23-31-30(34(5)32(36)37-31)22-26(28)20-21-35(29)24-25-16-18-27(19-17-25)33(2,3)4;/h16-19,22-23,29H,6-15,20-21,24H2,1-5H3;1H. The monoisotopic (exact) mass is 584 g/mol. The molecule has 2 aliphatic heterocycles. The van der Waals surface area contributed by atoms with E-state index in [1.165, 1.54) is 86.5 Å². The van der Waals surface area contributed by atoms with E-state index in [0.717, 1.165) is 35.8 Å². The zero-order valence-corrected chi connectivity index (χ0v) is 26.0. The van der Waals surface area contributed by atoms with Gasteiger partial charge in [0.15, 0.2) is 11.4 Å². The smallest absolute Gasteiger partial charge is 0.525 e. The Hall–Kier alpha value is -1.69. The minimum absolute atomic E-state index is 0. The lowest BCUT2D eigenvalue weighted by atomic mass is 9.86. The Balaban J connectivity index is 0.00000400. The van der Waals surface area contributed by atoms with Crippen molar-refractivity contribution in [3.8, 4) is 5.75 Å². The van der Waals surface area contributed by atoms with Crippen LogP contribution in [0.3, 0.4) is 0 Å². The number of fused-ring (bicyclic) bond motifs is 2. The Morgan fingerprint density at radius 2 is 1.58 bits per heavy atom. The molecule has 0 spiro atoms. The largest absolute Gasteiger partial charge is 1.00 e. The number of benzene rings is 2. The summed E-state index contributed by atoms with van der Waals surface area (Å²) in [6.45, 7) is 11.1. The second kappa shape index (κ2) is 14.1. The van der Waals surface area contributed by atoms with E-state index in [-0.39, 0.29) is 28.5 Å². The molecule has 2 aromatic rings. The van der Waals surface area contributed by atoms with Crippen LogP contribution in [0.4, 0.5) is 10.5 Å². The van der Waals surface area contributed by atoms with Crippen LogP contribution in [0.5, 0.6) is 5.75 Å². The van der Waals surface area contributed by atoms with Crippen molar-refractivity contribution in [1.82, 2.24) is 4.90 Å². The van der Waals surface area contributed by atoms with Gasteiger partial charge in [0.05, 0.1) is 7.05 Å². The summed E-state index contributed by atoms with van der Waals surface area (Å²) in [5.74, 6) is 0.759. The number of rotatable bonds is 12. The first-order valence-electron chi connectivity index (χ1n) is 14.8. The van der Waals surface area contributed by atoms with Gasteiger partial charge in [-0.1, -0.05) is 110 Å². The second-order valence-corrected chi connectivity index (χ2v) is 12.4. The van der Waals surface area contributed by atoms with E-state index in [1.807, 2.05) is 7.05 Å². The van der Waals surface area contributed by atoms with Gasteiger partial charge in [0.25, 0.3) is 0 Å². The predicted octanol–water partition coefficient (Wildman–Crippen LogP) is 4.67. The molecule has 4 nitrogen and oxygen atoms in total. The van der Waals surface area contributed by atoms with Crippen molar-refractivity contribution in [3.05, 3.63) is 58.7 Å². The molecule has 2 unspecified atom stereocenters. The summed E-state index contributed by atoms with van der Waals surface area (Å²) in [5, 5.41) is 0.